The summed E-state index contributed by atoms with van der Waals surface area (Å²) < 4.78 is 12.1. The van der Waals surface area contributed by atoms with Gasteiger partial charge in [0.2, 0.25) is 5.91 Å². The van der Waals surface area contributed by atoms with Crippen molar-refractivity contribution < 1.29 is 19.1 Å². The molecule has 0 bridgehead atoms. The minimum atomic E-state index is 0.119. The molecular weight excluding hydrogens is 390 g/mol. The van der Waals surface area contributed by atoms with E-state index < -0.39 is 0 Å². The van der Waals surface area contributed by atoms with Crippen LogP contribution in [0.15, 0.2) is 0 Å². The molecule has 2 aliphatic carbocycles. The van der Waals surface area contributed by atoms with Gasteiger partial charge in [-0.3, -0.25) is 9.59 Å². The van der Waals surface area contributed by atoms with Crippen LogP contribution in [-0.2, 0) is 19.1 Å². The van der Waals surface area contributed by atoms with E-state index in [0.29, 0.717) is 31.0 Å². The summed E-state index contributed by atoms with van der Waals surface area (Å²) in [5, 5.41) is 3.16. The van der Waals surface area contributed by atoms with Crippen LogP contribution in [0, 0.1) is 17.8 Å². The number of hydrogen-bond acceptors (Lipinski definition) is 4. The normalized spacial score (nSPS) is 27.8. The molecule has 0 saturated heterocycles. The standard InChI is InChI=1S/C26H47NO4/c1-5-20(4)16-18-31-24-14-12-23(13-15-24)30-17-6-7-25(28)27-22-10-8-21(9-11-22)26(29)19(2)3/h19-24H,5-18H2,1-4H3,(H,27,28). The fourth-order valence-corrected chi connectivity index (χ4v) is 4.78. The molecule has 0 aromatic carbocycles. The summed E-state index contributed by atoms with van der Waals surface area (Å²) in [6.07, 6.45) is 12.4. The Morgan fingerprint density at radius 2 is 1.45 bits per heavy atom. The number of carbonyl (C=O) groups is 2. The molecule has 0 aromatic rings. The topological polar surface area (TPSA) is 64.6 Å². The lowest BCUT2D eigenvalue weighted by Crippen LogP contribution is -2.39. The average Bonchev–Trinajstić information content (AvgIpc) is 2.77. The highest BCUT2D eigenvalue weighted by atomic mass is 16.5. The summed E-state index contributed by atoms with van der Waals surface area (Å²) >= 11 is 0. The summed E-state index contributed by atoms with van der Waals surface area (Å²) in [5.74, 6) is 1.57. The van der Waals surface area contributed by atoms with Crippen LogP contribution in [0.3, 0.4) is 0 Å². The number of nitrogens with one attached hydrogen (secondary N) is 1. The molecule has 1 unspecified atom stereocenters. The Morgan fingerprint density at radius 1 is 0.871 bits per heavy atom. The van der Waals surface area contributed by atoms with E-state index in [1.807, 2.05) is 13.8 Å². The molecule has 1 amide bonds. The molecule has 2 rings (SSSR count). The van der Waals surface area contributed by atoms with Gasteiger partial charge in [-0.05, 0) is 70.1 Å². The Labute approximate surface area is 190 Å². The smallest absolute Gasteiger partial charge is 0.220 e. The Morgan fingerprint density at radius 3 is 2.00 bits per heavy atom. The summed E-state index contributed by atoms with van der Waals surface area (Å²) in [7, 11) is 0. The van der Waals surface area contributed by atoms with Gasteiger partial charge in [-0.1, -0.05) is 34.1 Å². The van der Waals surface area contributed by atoms with Gasteiger partial charge >= 0.3 is 0 Å². The summed E-state index contributed by atoms with van der Waals surface area (Å²) in [6, 6.07) is 0.236. The van der Waals surface area contributed by atoms with Gasteiger partial charge in [0.15, 0.2) is 0 Å². The molecule has 1 atom stereocenters. The van der Waals surface area contributed by atoms with Gasteiger partial charge in [-0.2, -0.15) is 0 Å². The van der Waals surface area contributed by atoms with Crippen molar-refractivity contribution in [3.63, 3.8) is 0 Å². The zero-order chi connectivity index (χ0) is 22.6. The van der Waals surface area contributed by atoms with Crippen LogP contribution in [0.1, 0.15) is 105 Å². The minimum absolute atomic E-state index is 0.119. The molecule has 5 nitrogen and oxygen atoms in total. The fourth-order valence-electron chi connectivity index (χ4n) is 4.78. The number of amides is 1. The van der Waals surface area contributed by atoms with Crippen molar-refractivity contribution in [2.24, 2.45) is 17.8 Å². The van der Waals surface area contributed by atoms with Crippen LogP contribution in [0.2, 0.25) is 0 Å². The fraction of sp³-hybridized carbons (Fsp3) is 0.923. The zero-order valence-electron chi connectivity index (χ0n) is 20.5. The SMILES string of the molecule is CCC(C)CCOC1CCC(OCCCC(=O)NC2CCC(C(=O)C(C)C)CC2)CC1. The first-order chi connectivity index (χ1) is 14.9. The third kappa shape index (κ3) is 10.0. The quantitative estimate of drug-likeness (QED) is 0.389. The summed E-state index contributed by atoms with van der Waals surface area (Å²) in [4.78, 5) is 24.4. The van der Waals surface area contributed by atoms with E-state index in [2.05, 4.69) is 19.2 Å². The van der Waals surface area contributed by atoms with Gasteiger partial charge in [0.05, 0.1) is 12.2 Å². The molecule has 5 heteroatoms. The number of hydrogen-bond donors (Lipinski definition) is 1. The van der Waals surface area contributed by atoms with Crippen molar-refractivity contribution in [2.45, 2.75) is 123 Å². The Kier molecular flexibility index (Phi) is 12.1. The number of ether oxygens (including phenoxy) is 2. The van der Waals surface area contributed by atoms with Crippen molar-refractivity contribution in [3.8, 4) is 0 Å². The largest absolute Gasteiger partial charge is 0.378 e. The van der Waals surface area contributed by atoms with E-state index in [1.54, 1.807) is 0 Å². The van der Waals surface area contributed by atoms with E-state index >= 15 is 0 Å². The van der Waals surface area contributed by atoms with E-state index in [1.165, 1.54) is 6.42 Å². The molecule has 0 heterocycles. The maximum absolute atomic E-state index is 12.2. The minimum Gasteiger partial charge on any atom is -0.378 e. The van der Waals surface area contributed by atoms with Crippen molar-refractivity contribution >= 4 is 11.7 Å². The van der Waals surface area contributed by atoms with Crippen molar-refractivity contribution in [2.75, 3.05) is 13.2 Å². The molecule has 0 radical (unpaired) electrons. The summed E-state index contributed by atoms with van der Waals surface area (Å²) in [6.45, 7) is 10.0. The second-order valence-electron chi connectivity index (χ2n) is 10.2. The molecule has 0 aromatic heterocycles. The molecule has 180 valence electrons. The Bertz CT molecular complexity index is 520. The van der Waals surface area contributed by atoms with Crippen LogP contribution >= 0.6 is 0 Å². The molecule has 0 aliphatic heterocycles. The van der Waals surface area contributed by atoms with Gasteiger partial charge in [0.25, 0.3) is 0 Å². The van der Waals surface area contributed by atoms with E-state index in [-0.39, 0.29) is 23.8 Å². The van der Waals surface area contributed by atoms with Gasteiger partial charge in [-0.25, -0.2) is 0 Å². The van der Waals surface area contributed by atoms with Crippen LogP contribution in [0.5, 0.6) is 0 Å². The van der Waals surface area contributed by atoms with E-state index in [4.69, 9.17) is 9.47 Å². The third-order valence-corrected chi connectivity index (χ3v) is 7.25. The number of Topliss-reactive ketones (excluding diaryl/α,β-unsaturated/α-hetero) is 1. The van der Waals surface area contributed by atoms with Crippen molar-refractivity contribution in [3.05, 3.63) is 0 Å². The predicted octanol–water partition coefficient (Wildman–Crippen LogP) is 5.45. The third-order valence-electron chi connectivity index (χ3n) is 7.25. The molecule has 2 aliphatic rings. The highest BCUT2D eigenvalue weighted by Crippen LogP contribution is 2.27. The number of carbonyl (C=O) groups excluding carboxylic acids is 2. The first-order valence-corrected chi connectivity index (χ1v) is 12.9. The summed E-state index contributed by atoms with van der Waals surface area (Å²) in [5.41, 5.74) is 0. The first-order valence-electron chi connectivity index (χ1n) is 12.9. The van der Waals surface area contributed by atoms with Gasteiger partial charge in [-0.15, -0.1) is 0 Å². The maximum atomic E-state index is 12.2. The molecule has 2 fully saturated rings. The molecule has 0 spiro atoms. The van der Waals surface area contributed by atoms with Crippen molar-refractivity contribution in [1.82, 2.24) is 5.32 Å². The lowest BCUT2D eigenvalue weighted by Gasteiger charge is -2.29. The van der Waals surface area contributed by atoms with Crippen LogP contribution in [-0.4, -0.2) is 43.2 Å². The van der Waals surface area contributed by atoms with Crippen LogP contribution in [0.4, 0.5) is 0 Å². The number of rotatable bonds is 13. The predicted molar refractivity (Wildman–Crippen MR) is 125 cm³/mol. The average molecular weight is 438 g/mol. The molecule has 2 saturated carbocycles. The first kappa shape index (κ1) is 26.3. The number of ketones is 1. The maximum Gasteiger partial charge on any atom is 0.220 e. The van der Waals surface area contributed by atoms with E-state index in [0.717, 1.165) is 76.7 Å². The lowest BCUT2D eigenvalue weighted by atomic mass is 9.80. The molecule has 1 N–H and O–H groups in total. The second-order valence-corrected chi connectivity index (χ2v) is 10.2. The van der Waals surface area contributed by atoms with Gasteiger partial charge in [0, 0.05) is 37.5 Å². The lowest BCUT2D eigenvalue weighted by molar-refractivity contribution is -0.127. The monoisotopic (exact) mass is 437 g/mol. The van der Waals surface area contributed by atoms with Crippen LogP contribution < -0.4 is 5.32 Å². The highest BCUT2D eigenvalue weighted by Gasteiger charge is 2.28. The Balaban J connectivity index is 1.48. The Hall–Kier alpha value is -0.940. The second kappa shape index (κ2) is 14.3. The van der Waals surface area contributed by atoms with Crippen molar-refractivity contribution in [1.29, 1.82) is 0 Å². The van der Waals surface area contributed by atoms with E-state index in [9.17, 15) is 9.59 Å². The zero-order valence-corrected chi connectivity index (χ0v) is 20.5. The van der Waals surface area contributed by atoms with Gasteiger partial charge < -0.3 is 14.8 Å². The highest BCUT2D eigenvalue weighted by molar-refractivity contribution is 5.83. The van der Waals surface area contributed by atoms with Gasteiger partial charge in [0.1, 0.15) is 5.78 Å². The van der Waals surface area contributed by atoms with Crippen LogP contribution in [0.25, 0.3) is 0 Å². The molecular formula is C26H47NO4. The molecule has 31 heavy (non-hydrogen) atoms.